The molecule has 0 radical (unpaired) electrons. The van der Waals surface area contributed by atoms with Crippen molar-refractivity contribution in [2.24, 2.45) is 13.0 Å². The third-order valence-electron chi connectivity index (χ3n) is 3.56. The highest BCUT2D eigenvalue weighted by atomic mass is 16.6. The van der Waals surface area contributed by atoms with Gasteiger partial charge in [-0.15, -0.1) is 10.2 Å². The first-order valence-corrected chi connectivity index (χ1v) is 6.55. The molecule has 1 unspecified atom stereocenters. The summed E-state index contributed by atoms with van der Waals surface area (Å²) in [6, 6.07) is 0. The van der Waals surface area contributed by atoms with E-state index < -0.39 is 0 Å². The monoisotopic (exact) mass is 252 g/mol. The van der Waals surface area contributed by atoms with Gasteiger partial charge in [0, 0.05) is 20.6 Å². The maximum Gasteiger partial charge on any atom is 0.226 e. The van der Waals surface area contributed by atoms with Gasteiger partial charge in [0.1, 0.15) is 6.10 Å². The molecule has 2 fully saturated rings. The topological polar surface area (TPSA) is 52.4 Å². The second kappa shape index (κ2) is 4.85. The minimum Gasteiger partial charge on any atom is -0.376 e. The van der Waals surface area contributed by atoms with Crippen LogP contribution in [0.25, 0.3) is 0 Å². The number of hydrogen-bond donors (Lipinski definition) is 0. The van der Waals surface area contributed by atoms with E-state index in [0.717, 1.165) is 24.2 Å². The highest BCUT2D eigenvalue weighted by Gasteiger charge is 2.27. The molecule has 0 bridgehead atoms. The maximum atomic E-state index is 5.66. The quantitative estimate of drug-likeness (QED) is 0.791. The van der Waals surface area contributed by atoms with Crippen molar-refractivity contribution in [2.75, 3.05) is 38.3 Å². The second-order valence-electron chi connectivity index (χ2n) is 5.18. The standard InChI is InChI=1S/C12H20N4O2/c1-15(7-9-3-4-9)12-14-13-11(16(12)2)10-8-17-5-6-18-10/h9-10H,3-8H2,1-2H3. The van der Waals surface area contributed by atoms with E-state index in [1.807, 2.05) is 11.6 Å². The highest BCUT2D eigenvalue weighted by molar-refractivity contribution is 5.30. The molecule has 100 valence electrons. The first kappa shape index (κ1) is 11.9. The number of anilines is 1. The Morgan fingerprint density at radius 1 is 1.33 bits per heavy atom. The molecule has 6 nitrogen and oxygen atoms in total. The lowest BCUT2D eigenvalue weighted by atomic mass is 10.3. The molecule has 1 aliphatic carbocycles. The Labute approximate surface area is 107 Å². The van der Waals surface area contributed by atoms with Crippen molar-refractivity contribution in [3.05, 3.63) is 5.82 Å². The van der Waals surface area contributed by atoms with Crippen LogP contribution in [-0.4, -0.2) is 48.2 Å². The van der Waals surface area contributed by atoms with E-state index in [1.165, 1.54) is 12.8 Å². The molecule has 3 rings (SSSR count). The van der Waals surface area contributed by atoms with Crippen molar-refractivity contribution in [3.8, 4) is 0 Å². The molecule has 0 spiro atoms. The molecule has 2 aliphatic rings. The molecule has 1 aromatic rings. The summed E-state index contributed by atoms with van der Waals surface area (Å²) in [5, 5.41) is 8.53. The van der Waals surface area contributed by atoms with Crippen LogP contribution in [0.4, 0.5) is 5.95 Å². The Bertz CT molecular complexity index is 410. The number of hydrogen-bond acceptors (Lipinski definition) is 5. The molecule has 1 aromatic heterocycles. The number of ether oxygens (including phenoxy) is 2. The lowest BCUT2D eigenvalue weighted by Gasteiger charge is -2.23. The Kier molecular flexibility index (Phi) is 3.22. The summed E-state index contributed by atoms with van der Waals surface area (Å²) in [7, 11) is 4.07. The Morgan fingerprint density at radius 3 is 2.83 bits per heavy atom. The summed E-state index contributed by atoms with van der Waals surface area (Å²) < 4.78 is 13.1. The fraction of sp³-hybridized carbons (Fsp3) is 0.833. The molecule has 2 heterocycles. The average molecular weight is 252 g/mol. The van der Waals surface area contributed by atoms with Crippen molar-refractivity contribution >= 4 is 5.95 Å². The first-order valence-electron chi connectivity index (χ1n) is 6.55. The van der Waals surface area contributed by atoms with Crippen molar-refractivity contribution < 1.29 is 9.47 Å². The lowest BCUT2D eigenvalue weighted by Crippen LogP contribution is -2.26. The van der Waals surface area contributed by atoms with Crippen LogP contribution in [0, 0.1) is 5.92 Å². The summed E-state index contributed by atoms with van der Waals surface area (Å²) in [6.07, 6.45) is 2.60. The van der Waals surface area contributed by atoms with E-state index in [0.29, 0.717) is 19.8 Å². The summed E-state index contributed by atoms with van der Waals surface area (Å²) >= 11 is 0. The zero-order valence-electron chi connectivity index (χ0n) is 11.0. The van der Waals surface area contributed by atoms with E-state index in [-0.39, 0.29) is 6.10 Å². The van der Waals surface area contributed by atoms with Crippen LogP contribution in [0.5, 0.6) is 0 Å². The van der Waals surface area contributed by atoms with Gasteiger partial charge in [-0.25, -0.2) is 0 Å². The third-order valence-corrected chi connectivity index (χ3v) is 3.56. The molecule has 18 heavy (non-hydrogen) atoms. The van der Waals surface area contributed by atoms with Crippen molar-refractivity contribution in [1.29, 1.82) is 0 Å². The minimum absolute atomic E-state index is 0.0840. The van der Waals surface area contributed by atoms with E-state index in [2.05, 4.69) is 22.1 Å². The zero-order chi connectivity index (χ0) is 12.5. The van der Waals surface area contributed by atoms with Crippen LogP contribution in [0.1, 0.15) is 24.8 Å². The van der Waals surface area contributed by atoms with Gasteiger partial charge in [0.15, 0.2) is 5.82 Å². The Balaban J connectivity index is 1.73. The van der Waals surface area contributed by atoms with Gasteiger partial charge in [-0.3, -0.25) is 4.57 Å². The molecule has 1 aliphatic heterocycles. The predicted octanol–water partition coefficient (Wildman–Crippen LogP) is 0.749. The summed E-state index contributed by atoms with van der Waals surface area (Å²) in [6.45, 7) is 2.93. The molecule has 1 saturated heterocycles. The van der Waals surface area contributed by atoms with Crippen molar-refractivity contribution in [3.63, 3.8) is 0 Å². The molecule has 0 N–H and O–H groups in total. The molecule has 1 saturated carbocycles. The van der Waals surface area contributed by atoms with Gasteiger partial charge >= 0.3 is 0 Å². The molecule has 0 aromatic carbocycles. The number of rotatable bonds is 4. The van der Waals surface area contributed by atoms with Gasteiger partial charge in [-0.1, -0.05) is 0 Å². The van der Waals surface area contributed by atoms with Gasteiger partial charge in [-0.2, -0.15) is 0 Å². The van der Waals surface area contributed by atoms with Gasteiger partial charge < -0.3 is 14.4 Å². The predicted molar refractivity (Wildman–Crippen MR) is 66.5 cm³/mol. The Morgan fingerprint density at radius 2 is 2.17 bits per heavy atom. The van der Waals surface area contributed by atoms with Crippen LogP contribution < -0.4 is 4.90 Å². The van der Waals surface area contributed by atoms with Crippen molar-refractivity contribution in [1.82, 2.24) is 14.8 Å². The summed E-state index contributed by atoms with van der Waals surface area (Å²) in [5.41, 5.74) is 0. The molecular formula is C12H20N4O2. The van der Waals surface area contributed by atoms with Crippen LogP contribution >= 0.6 is 0 Å². The van der Waals surface area contributed by atoms with E-state index >= 15 is 0 Å². The number of aromatic nitrogens is 3. The normalized spacial score (nSPS) is 24.2. The SMILES string of the molecule is CN(CC1CC1)c1nnc(C2COCCO2)n1C. The maximum absolute atomic E-state index is 5.66. The van der Waals surface area contributed by atoms with Gasteiger partial charge in [0.2, 0.25) is 5.95 Å². The third kappa shape index (κ3) is 2.35. The minimum atomic E-state index is -0.0840. The second-order valence-corrected chi connectivity index (χ2v) is 5.18. The van der Waals surface area contributed by atoms with E-state index in [1.54, 1.807) is 0 Å². The zero-order valence-corrected chi connectivity index (χ0v) is 11.0. The van der Waals surface area contributed by atoms with Crippen LogP contribution in [-0.2, 0) is 16.5 Å². The first-order chi connectivity index (χ1) is 8.75. The number of nitrogens with zero attached hydrogens (tertiary/aromatic N) is 4. The largest absolute Gasteiger partial charge is 0.376 e. The lowest BCUT2D eigenvalue weighted by molar-refractivity contribution is -0.0945. The molecular weight excluding hydrogens is 232 g/mol. The van der Waals surface area contributed by atoms with Crippen LogP contribution in [0.15, 0.2) is 0 Å². The van der Waals surface area contributed by atoms with E-state index in [9.17, 15) is 0 Å². The fourth-order valence-corrected chi connectivity index (χ4v) is 2.35. The van der Waals surface area contributed by atoms with Crippen molar-refractivity contribution in [2.45, 2.75) is 18.9 Å². The fourth-order valence-electron chi connectivity index (χ4n) is 2.35. The molecule has 0 amide bonds. The smallest absolute Gasteiger partial charge is 0.226 e. The molecule has 6 heteroatoms. The van der Waals surface area contributed by atoms with Gasteiger partial charge in [-0.05, 0) is 18.8 Å². The van der Waals surface area contributed by atoms with Gasteiger partial charge in [0.25, 0.3) is 0 Å². The van der Waals surface area contributed by atoms with E-state index in [4.69, 9.17) is 9.47 Å². The average Bonchev–Trinajstić information content (AvgIpc) is 3.11. The molecule has 1 atom stereocenters. The summed E-state index contributed by atoms with van der Waals surface area (Å²) in [5.74, 6) is 2.60. The highest BCUT2D eigenvalue weighted by Crippen LogP contribution is 2.31. The van der Waals surface area contributed by atoms with Crippen LogP contribution in [0.3, 0.4) is 0 Å². The van der Waals surface area contributed by atoms with Gasteiger partial charge in [0.05, 0.1) is 19.8 Å². The Hall–Kier alpha value is -1.14. The summed E-state index contributed by atoms with van der Waals surface area (Å²) in [4.78, 5) is 2.18. The van der Waals surface area contributed by atoms with Crippen LogP contribution in [0.2, 0.25) is 0 Å².